The summed E-state index contributed by atoms with van der Waals surface area (Å²) in [5.74, 6) is 2.25. The Morgan fingerprint density at radius 1 is 1.11 bits per heavy atom. The van der Waals surface area contributed by atoms with Gasteiger partial charge in [0.25, 0.3) is 0 Å². The maximum atomic E-state index is 12.5. The Labute approximate surface area is 166 Å². The third-order valence-electron chi connectivity index (χ3n) is 4.96. The molecule has 1 aliphatic heterocycles. The standard InChI is InChI=1S/C22H28N2O4/c1-4-16-6-5-7-19(12-16)28-11-9-23-22(25)24-10-8-17-13-20(26-2)21(27-3)14-18(17)15-24/h5-7,12-14H,4,8-11,15H2,1-3H3,(H,23,25). The van der Waals surface area contributed by atoms with E-state index in [0.29, 0.717) is 32.0 Å². The summed E-state index contributed by atoms with van der Waals surface area (Å²) in [6, 6.07) is 11.9. The minimum absolute atomic E-state index is 0.0775. The predicted molar refractivity (Wildman–Crippen MR) is 108 cm³/mol. The van der Waals surface area contributed by atoms with Crippen molar-refractivity contribution in [3.05, 3.63) is 53.1 Å². The van der Waals surface area contributed by atoms with E-state index in [-0.39, 0.29) is 6.03 Å². The summed E-state index contributed by atoms with van der Waals surface area (Å²) >= 11 is 0. The number of aryl methyl sites for hydroxylation is 1. The molecule has 1 heterocycles. The summed E-state index contributed by atoms with van der Waals surface area (Å²) in [7, 11) is 3.25. The summed E-state index contributed by atoms with van der Waals surface area (Å²) < 4.78 is 16.5. The molecule has 0 aliphatic carbocycles. The van der Waals surface area contributed by atoms with Gasteiger partial charge in [0.1, 0.15) is 12.4 Å². The molecule has 0 fully saturated rings. The van der Waals surface area contributed by atoms with Crippen LogP contribution in [0.3, 0.4) is 0 Å². The second-order valence-corrected chi connectivity index (χ2v) is 6.73. The molecule has 2 amide bonds. The topological polar surface area (TPSA) is 60.0 Å². The molecule has 0 radical (unpaired) electrons. The Bertz CT molecular complexity index is 822. The molecule has 6 heteroatoms. The minimum atomic E-state index is -0.0775. The molecule has 0 saturated carbocycles. The molecule has 0 aromatic heterocycles. The van der Waals surface area contributed by atoms with Crippen LogP contribution < -0.4 is 19.5 Å². The van der Waals surface area contributed by atoms with Crippen molar-refractivity contribution in [3.63, 3.8) is 0 Å². The van der Waals surface area contributed by atoms with Crippen molar-refractivity contribution < 1.29 is 19.0 Å². The van der Waals surface area contributed by atoms with Crippen LogP contribution in [0, 0.1) is 0 Å². The third kappa shape index (κ3) is 4.68. The van der Waals surface area contributed by atoms with Crippen molar-refractivity contribution in [2.24, 2.45) is 0 Å². The Kier molecular flexibility index (Phi) is 6.63. The van der Waals surface area contributed by atoms with Gasteiger partial charge < -0.3 is 24.4 Å². The third-order valence-corrected chi connectivity index (χ3v) is 4.96. The van der Waals surface area contributed by atoms with E-state index >= 15 is 0 Å². The van der Waals surface area contributed by atoms with Crippen molar-refractivity contribution in [2.45, 2.75) is 26.3 Å². The molecule has 1 N–H and O–H groups in total. The number of benzene rings is 2. The first-order valence-electron chi connectivity index (χ1n) is 9.63. The van der Waals surface area contributed by atoms with Gasteiger partial charge in [-0.1, -0.05) is 19.1 Å². The van der Waals surface area contributed by atoms with Gasteiger partial charge in [-0.3, -0.25) is 0 Å². The zero-order valence-corrected chi connectivity index (χ0v) is 16.8. The Morgan fingerprint density at radius 3 is 2.57 bits per heavy atom. The number of rotatable bonds is 7. The molecule has 0 saturated heterocycles. The number of urea groups is 1. The fourth-order valence-corrected chi connectivity index (χ4v) is 3.35. The van der Waals surface area contributed by atoms with Crippen molar-refractivity contribution >= 4 is 6.03 Å². The fraction of sp³-hybridized carbons (Fsp3) is 0.409. The van der Waals surface area contributed by atoms with Crippen LogP contribution >= 0.6 is 0 Å². The van der Waals surface area contributed by atoms with Crippen LogP contribution in [0.4, 0.5) is 4.79 Å². The van der Waals surface area contributed by atoms with Gasteiger partial charge in [-0.25, -0.2) is 4.79 Å². The lowest BCUT2D eigenvalue weighted by Gasteiger charge is -2.29. The molecule has 0 atom stereocenters. The lowest BCUT2D eigenvalue weighted by atomic mass is 9.99. The van der Waals surface area contributed by atoms with E-state index in [9.17, 15) is 4.79 Å². The highest BCUT2D eigenvalue weighted by Gasteiger charge is 2.22. The number of nitrogens with zero attached hydrogens (tertiary/aromatic N) is 1. The van der Waals surface area contributed by atoms with Gasteiger partial charge in [-0.2, -0.15) is 0 Å². The second kappa shape index (κ2) is 9.35. The van der Waals surface area contributed by atoms with Crippen molar-refractivity contribution in [1.29, 1.82) is 0 Å². The van der Waals surface area contributed by atoms with Gasteiger partial charge in [0.05, 0.1) is 20.8 Å². The molecule has 6 nitrogen and oxygen atoms in total. The van der Waals surface area contributed by atoms with E-state index < -0.39 is 0 Å². The Morgan fingerprint density at radius 2 is 1.86 bits per heavy atom. The zero-order valence-electron chi connectivity index (χ0n) is 16.8. The number of nitrogens with one attached hydrogen (secondary N) is 1. The van der Waals surface area contributed by atoms with Gasteiger partial charge in [0.2, 0.25) is 0 Å². The van der Waals surface area contributed by atoms with E-state index in [1.54, 1.807) is 14.2 Å². The molecule has 2 aromatic carbocycles. The van der Waals surface area contributed by atoms with Gasteiger partial charge in [-0.15, -0.1) is 0 Å². The number of hydrogen-bond acceptors (Lipinski definition) is 4. The number of methoxy groups -OCH3 is 2. The molecule has 1 aliphatic rings. The molecule has 150 valence electrons. The van der Waals surface area contributed by atoms with Crippen molar-refractivity contribution in [2.75, 3.05) is 33.9 Å². The first-order chi connectivity index (χ1) is 13.6. The van der Waals surface area contributed by atoms with E-state index in [1.807, 2.05) is 35.2 Å². The van der Waals surface area contributed by atoms with Crippen LogP contribution in [-0.4, -0.2) is 44.8 Å². The van der Waals surface area contributed by atoms with Crippen LogP contribution in [0.25, 0.3) is 0 Å². The molecule has 0 spiro atoms. The summed E-state index contributed by atoms with van der Waals surface area (Å²) in [6.45, 7) is 4.25. The molecule has 28 heavy (non-hydrogen) atoms. The van der Waals surface area contributed by atoms with Gasteiger partial charge in [-0.05, 0) is 53.8 Å². The second-order valence-electron chi connectivity index (χ2n) is 6.73. The molecule has 2 aromatic rings. The number of amides is 2. The Hall–Kier alpha value is -2.89. The van der Waals surface area contributed by atoms with Gasteiger partial charge in [0, 0.05) is 13.1 Å². The highest BCUT2D eigenvalue weighted by molar-refractivity contribution is 5.74. The maximum Gasteiger partial charge on any atom is 0.317 e. The quantitative estimate of drug-likeness (QED) is 0.743. The van der Waals surface area contributed by atoms with E-state index in [0.717, 1.165) is 29.9 Å². The number of carbonyl (C=O) groups excluding carboxylic acids is 1. The smallest absolute Gasteiger partial charge is 0.317 e. The summed E-state index contributed by atoms with van der Waals surface area (Å²) in [5.41, 5.74) is 3.52. The summed E-state index contributed by atoms with van der Waals surface area (Å²) in [4.78, 5) is 14.3. The lowest BCUT2D eigenvalue weighted by Crippen LogP contribution is -2.43. The average Bonchev–Trinajstić information content (AvgIpc) is 2.75. The van der Waals surface area contributed by atoms with Crippen molar-refractivity contribution in [1.82, 2.24) is 10.2 Å². The first kappa shape index (κ1) is 19.9. The Balaban J connectivity index is 1.50. The number of hydrogen-bond donors (Lipinski definition) is 1. The minimum Gasteiger partial charge on any atom is -0.493 e. The number of ether oxygens (including phenoxy) is 3. The molecule has 0 unspecified atom stereocenters. The molecule has 3 rings (SSSR count). The molecule has 0 bridgehead atoms. The number of carbonyl (C=O) groups is 1. The normalized spacial score (nSPS) is 12.9. The molecular formula is C22H28N2O4. The van der Waals surface area contributed by atoms with E-state index in [4.69, 9.17) is 14.2 Å². The maximum absolute atomic E-state index is 12.5. The van der Waals surface area contributed by atoms with Crippen LogP contribution in [0.5, 0.6) is 17.2 Å². The van der Waals surface area contributed by atoms with Crippen LogP contribution in [0.1, 0.15) is 23.6 Å². The highest BCUT2D eigenvalue weighted by Crippen LogP contribution is 2.33. The summed E-state index contributed by atoms with van der Waals surface area (Å²) in [6.07, 6.45) is 1.77. The zero-order chi connectivity index (χ0) is 19.9. The predicted octanol–water partition coefficient (Wildman–Crippen LogP) is 3.41. The van der Waals surface area contributed by atoms with E-state index in [2.05, 4.69) is 18.3 Å². The van der Waals surface area contributed by atoms with Crippen LogP contribution in [-0.2, 0) is 19.4 Å². The molecular weight excluding hydrogens is 356 g/mol. The number of fused-ring (bicyclic) bond motifs is 1. The van der Waals surface area contributed by atoms with E-state index in [1.165, 1.54) is 11.1 Å². The SMILES string of the molecule is CCc1cccc(OCCNC(=O)N2CCc3cc(OC)c(OC)cc3C2)c1. The largest absolute Gasteiger partial charge is 0.493 e. The average molecular weight is 384 g/mol. The fourth-order valence-electron chi connectivity index (χ4n) is 3.35. The monoisotopic (exact) mass is 384 g/mol. The summed E-state index contributed by atoms with van der Waals surface area (Å²) in [5, 5.41) is 2.94. The van der Waals surface area contributed by atoms with Gasteiger partial charge >= 0.3 is 6.03 Å². The van der Waals surface area contributed by atoms with Gasteiger partial charge in [0.15, 0.2) is 11.5 Å². The lowest BCUT2D eigenvalue weighted by molar-refractivity contribution is 0.189. The first-order valence-corrected chi connectivity index (χ1v) is 9.63. The highest BCUT2D eigenvalue weighted by atomic mass is 16.5. The van der Waals surface area contributed by atoms with Crippen LogP contribution in [0.15, 0.2) is 36.4 Å². The van der Waals surface area contributed by atoms with Crippen LogP contribution in [0.2, 0.25) is 0 Å². The van der Waals surface area contributed by atoms with Crippen molar-refractivity contribution in [3.8, 4) is 17.2 Å².